The quantitative estimate of drug-likeness (QED) is 0.792. The molecule has 1 aliphatic rings. The third kappa shape index (κ3) is 4.70. The van der Waals surface area contributed by atoms with Gasteiger partial charge in [-0.2, -0.15) is 0 Å². The van der Waals surface area contributed by atoms with Gasteiger partial charge in [-0.25, -0.2) is 0 Å². The summed E-state index contributed by atoms with van der Waals surface area (Å²) in [4.78, 5) is 2.59. The zero-order valence-electron chi connectivity index (χ0n) is 11.7. The lowest BCUT2D eigenvalue weighted by atomic mass is 10.1. The van der Waals surface area contributed by atoms with Gasteiger partial charge in [-0.05, 0) is 43.5 Å². The molecule has 1 aliphatic carbocycles. The minimum absolute atomic E-state index is 0.137. The molecule has 0 amide bonds. The molecule has 1 aromatic rings. The van der Waals surface area contributed by atoms with Crippen LogP contribution >= 0.6 is 0 Å². The molecular formula is C17H23NO. The third-order valence-corrected chi connectivity index (χ3v) is 3.38. The Morgan fingerprint density at radius 1 is 1.26 bits per heavy atom. The van der Waals surface area contributed by atoms with Gasteiger partial charge in [-0.1, -0.05) is 30.9 Å². The van der Waals surface area contributed by atoms with E-state index in [9.17, 15) is 0 Å². The van der Waals surface area contributed by atoms with Gasteiger partial charge in [0, 0.05) is 24.6 Å². The molecule has 0 aliphatic heterocycles. The van der Waals surface area contributed by atoms with Crippen molar-refractivity contribution < 1.29 is 5.11 Å². The molecule has 102 valence electrons. The van der Waals surface area contributed by atoms with Crippen molar-refractivity contribution in [3.05, 3.63) is 35.4 Å². The summed E-state index contributed by atoms with van der Waals surface area (Å²) in [6.07, 6.45) is 4.50. The second-order valence-corrected chi connectivity index (χ2v) is 5.17. The summed E-state index contributed by atoms with van der Waals surface area (Å²) in [5.41, 5.74) is 2.40. The third-order valence-electron chi connectivity index (χ3n) is 3.38. The van der Waals surface area contributed by atoms with Gasteiger partial charge >= 0.3 is 0 Å². The fraction of sp³-hybridized carbons (Fsp3) is 0.529. The summed E-state index contributed by atoms with van der Waals surface area (Å²) >= 11 is 0. The van der Waals surface area contributed by atoms with Crippen LogP contribution in [0, 0.1) is 11.8 Å². The smallest absolute Gasteiger partial charge is 0.0540 e. The Morgan fingerprint density at radius 3 is 2.58 bits per heavy atom. The Hall–Kier alpha value is -1.30. The molecule has 2 nitrogen and oxygen atoms in total. The summed E-state index contributed by atoms with van der Waals surface area (Å²) in [5, 5.41) is 8.69. The van der Waals surface area contributed by atoms with E-state index in [1.165, 1.54) is 31.4 Å². The fourth-order valence-corrected chi connectivity index (χ4v) is 2.27. The topological polar surface area (TPSA) is 23.5 Å². The highest BCUT2D eigenvalue weighted by atomic mass is 16.2. The Morgan fingerprint density at radius 2 is 2.00 bits per heavy atom. The first-order chi connectivity index (χ1) is 9.33. The minimum Gasteiger partial charge on any atom is -0.395 e. The van der Waals surface area contributed by atoms with Crippen LogP contribution in [0.15, 0.2) is 24.3 Å². The number of aliphatic hydroxyl groups excluding tert-OH is 1. The molecule has 0 aromatic heterocycles. The second-order valence-electron chi connectivity index (χ2n) is 5.17. The molecule has 2 rings (SSSR count). The standard InChI is InChI=1S/C17H23NO/c1-2-12-18(17-10-11-17)14-16-8-6-15(7-9-16)5-3-4-13-19/h6-9,17,19H,2,4,10-14H2,1H3. The summed E-state index contributed by atoms with van der Waals surface area (Å²) in [6, 6.07) is 9.33. The number of hydrogen-bond acceptors (Lipinski definition) is 2. The van der Waals surface area contributed by atoms with Crippen LogP contribution in [0.2, 0.25) is 0 Å². The van der Waals surface area contributed by atoms with Crippen LogP contribution in [0.3, 0.4) is 0 Å². The zero-order valence-corrected chi connectivity index (χ0v) is 11.7. The van der Waals surface area contributed by atoms with Gasteiger partial charge < -0.3 is 5.11 Å². The van der Waals surface area contributed by atoms with E-state index in [1.807, 2.05) is 0 Å². The van der Waals surface area contributed by atoms with E-state index in [2.05, 4.69) is 47.9 Å². The van der Waals surface area contributed by atoms with Crippen LogP contribution in [0.4, 0.5) is 0 Å². The summed E-state index contributed by atoms with van der Waals surface area (Å²) in [7, 11) is 0. The average molecular weight is 257 g/mol. The first-order valence-electron chi connectivity index (χ1n) is 7.26. The van der Waals surface area contributed by atoms with Gasteiger partial charge in [0.2, 0.25) is 0 Å². The maximum absolute atomic E-state index is 8.69. The molecule has 0 unspecified atom stereocenters. The Balaban J connectivity index is 1.92. The SMILES string of the molecule is CCCN(Cc1ccc(C#CCCO)cc1)C1CC1. The van der Waals surface area contributed by atoms with Gasteiger partial charge in [-0.15, -0.1) is 0 Å². The van der Waals surface area contributed by atoms with Crippen molar-refractivity contribution in [2.24, 2.45) is 0 Å². The number of rotatable bonds is 6. The van der Waals surface area contributed by atoms with Crippen molar-refractivity contribution in [1.29, 1.82) is 0 Å². The maximum atomic E-state index is 8.69. The number of aliphatic hydroxyl groups is 1. The lowest BCUT2D eigenvalue weighted by molar-refractivity contribution is 0.255. The first kappa shape index (κ1) is 14.1. The van der Waals surface area contributed by atoms with Gasteiger partial charge in [0.15, 0.2) is 0 Å². The van der Waals surface area contributed by atoms with E-state index < -0.39 is 0 Å². The second kappa shape index (κ2) is 7.33. The van der Waals surface area contributed by atoms with Crippen LogP contribution in [0.5, 0.6) is 0 Å². The molecule has 0 radical (unpaired) electrons. The number of benzene rings is 1. The molecule has 1 aromatic carbocycles. The molecular weight excluding hydrogens is 234 g/mol. The van der Waals surface area contributed by atoms with Crippen molar-refractivity contribution >= 4 is 0 Å². The van der Waals surface area contributed by atoms with Crippen LogP contribution in [0.1, 0.15) is 43.7 Å². The van der Waals surface area contributed by atoms with E-state index in [0.29, 0.717) is 6.42 Å². The maximum Gasteiger partial charge on any atom is 0.0540 e. The normalized spacial score (nSPS) is 14.3. The molecule has 0 heterocycles. The lowest BCUT2D eigenvalue weighted by Gasteiger charge is -2.21. The van der Waals surface area contributed by atoms with Crippen molar-refractivity contribution in [2.45, 2.75) is 45.2 Å². The van der Waals surface area contributed by atoms with Gasteiger partial charge in [0.1, 0.15) is 0 Å². The zero-order chi connectivity index (χ0) is 13.5. The highest BCUT2D eigenvalue weighted by Gasteiger charge is 2.27. The monoisotopic (exact) mass is 257 g/mol. The molecule has 1 saturated carbocycles. The fourth-order valence-electron chi connectivity index (χ4n) is 2.27. The first-order valence-corrected chi connectivity index (χ1v) is 7.26. The van der Waals surface area contributed by atoms with Gasteiger partial charge in [0.25, 0.3) is 0 Å². The van der Waals surface area contributed by atoms with Gasteiger partial charge in [0.05, 0.1) is 6.61 Å². The average Bonchev–Trinajstić information content (AvgIpc) is 3.25. The van der Waals surface area contributed by atoms with E-state index in [-0.39, 0.29) is 6.61 Å². The molecule has 1 fully saturated rings. The largest absolute Gasteiger partial charge is 0.395 e. The summed E-state index contributed by atoms with van der Waals surface area (Å²) < 4.78 is 0. The highest BCUT2D eigenvalue weighted by molar-refractivity contribution is 5.36. The number of hydrogen-bond donors (Lipinski definition) is 1. The minimum atomic E-state index is 0.137. The van der Waals surface area contributed by atoms with E-state index in [4.69, 9.17) is 5.11 Å². The van der Waals surface area contributed by atoms with E-state index in [0.717, 1.165) is 18.2 Å². The molecule has 0 atom stereocenters. The van der Waals surface area contributed by atoms with Crippen LogP contribution in [-0.4, -0.2) is 29.2 Å². The Bertz CT molecular complexity index is 437. The number of nitrogens with zero attached hydrogens (tertiary/aromatic N) is 1. The predicted molar refractivity (Wildman–Crippen MR) is 78.7 cm³/mol. The Labute approximate surface area is 116 Å². The highest BCUT2D eigenvalue weighted by Crippen LogP contribution is 2.28. The van der Waals surface area contributed by atoms with Crippen molar-refractivity contribution in [3.63, 3.8) is 0 Å². The van der Waals surface area contributed by atoms with Crippen LogP contribution < -0.4 is 0 Å². The van der Waals surface area contributed by atoms with Crippen molar-refractivity contribution in [1.82, 2.24) is 4.90 Å². The molecule has 1 N–H and O–H groups in total. The summed E-state index contributed by atoms with van der Waals surface area (Å²) in [6.45, 7) is 4.64. The van der Waals surface area contributed by atoms with Crippen LogP contribution in [-0.2, 0) is 6.54 Å². The molecule has 2 heteroatoms. The molecule has 0 bridgehead atoms. The van der Waals surface area contributed by atoms with Crippen LogP contribution in [0.25, 0.3) is 0 Å². The molecule has 19 heavy (non-hydrogen) atoms. The van der Waals surface area contributed by atoms with Crippen molar-refractivity contribution in [2.75, 3.05) is 13.2 Å². The Kier molecular flexibility index (Phi) is 5.44. The van der Waals surface area contributed by atoms with E-state index in [1.54, 1.807) is 0 Å². The lowest BCUT2D eigenvalue weighted by Crippen LogP contribution is -2.26. The van der Waals surface area contributed by atoms with E-state index >= 15 is 0 Å². The molecule has 0 saturated heterocycles. The van der Waals surface area contributed by atoms with Gasteiger partial charge in [-0.3, -0.25) is 4.90 Å². The predicted octanol–water partition coefficient (Wildman–Crippen LogP) is 2.79. The summed E-state index contributed by atoms with van der Waals surface area (Å²) in [5.74, 6) is 6.01. The molecule has 0 spiro atoms. The van der Waals surface area contributed by atoms with Crippen molar-refractivity contribution in [3.8, 4) is 11.8 Å².